The van der Waals surface area contributed by atoms with E-state index < -0.39 is 5.97 Å². The number of carboxylic acids is 1. The highest BCUT2D eigenvalue weighted by molar-refractivity contribution is 5.66. The Hall–Kier alpha value is -5.46. The van der Waals surface area contributed by atoms with Gasteiger partial charge in [-0.15, -0.1) is 0 Å². The molecule has 492 valence electrons. The van der Waals surface area contributed by atoms with E-state index in [4.69, 9.17) is 21.5 Å². The zero-order chi connectivity index (χ0) is 64.0. The molecule has 0 bridgehead atoms. The number of hydrogen-bond donors (Lipinski definition) is 3. The van der Waals surface area contributed by atoms with Crippen LogP contribution >= 0.6 is 0 Å². The molecular formula is C80H134N4O3. The van der Waals surface area contributed by atoms with E-state index in [1.165, 1.54) is 109 Å². The average molecular weight is 1200 g/mol. The van der Waals surface area contributed by atoms with Gasteiger partial charge in [-0.2, -0.15) is 0 Å². The number of unbranched alkanes of at least 4 members (excludes halogenated alkanes) is 19. The van der Waals surface area contributed by atoms with Gasteiger partial charge in [-0.05, 0) is 211 Å². The number of aliphatic hydroxyl groups excluding tert-OH is 1. The first-order chi connectivity index (χ1) is 43.0. The fraction of sp³-hybridized carbons (Fsp3) is 0.588. The van der Waals surface area contributed by atoms with Crippen LogP contribution in [0.5, 0.6) is 0 Å². The summed E-state index contributed by atoms with van der Waals surface area (Å²) >= 11 is 0. The number of hydrogen-bond acceptors (Lipinski definition) is 4. The first kappa shape index (κ1) is 88.0. The predicted molar refractivity (Wildman–Crippen MR) is 391 cm³/mol. The third-order valence-corrected chi connectivity index (χ3v) is 13.1. The standard InChI is InChI=1S/C20H33N3.C20H35N.C20H32O2.C20H34O/c1-2-3-4-5-6-7-8-9-10-11-12-13-14-15-16-17-18-19-20-22-23-21;1-2-3-4-5-6-7-8-9-10-11-12-13-14-15-16-17-18-19-20-21;1-2-3-4-5-6-7-8-9-10-11-12-13-14-15-16-17-18-19-20(21)22;1-2-3-4-5-6-7-8-9-10-11-12-13-14-15-16-17-18-19-20-21/h6-7,9-10,12-13,15-16H,2-5,8,11,14,17-20H2,1H3;6-7,9-10,12-13,15-16H,2-5,8,11,14,17-21H2,1H3;6-7,9-10,12-13,15-16H,2-5,8,11,14,17-19H2,1H3,(H,21,22);6-7,9-10,12-13,15-16,21H,2-5,8,11,14,17-20H2,1H3/b4*7-6-,10-9-,13-12-,16-15-. The van der Waals surface area contributed by atoms with Gasteiger partial charge in [-0.25, -0.2) is 0 Å². The smallest absolute Gasteiger partial charge is 0.303 e. The van der Waals surface area contributed by atoms with E-state index in [0.29, 0.717) is 13.2 Å². The van der Waals surface area contributed by atoms with Gasteiger partial charge in [0, 0.05) is 24.5 Å². The highest BCUT2D eigenvalue weighted by atomic mass is 16.4. The molecule has 0 heterocycles. The van der Waals surface area contributed by atoms with Crippen LogP contribution in [0.4, 0.5) is 0 Å². The monoisotopic (exact) mass is 1200 g/mol. The molecule has 0 spiro atoms. The van der Waals surface area contributed by atoms with Gasteiger partial charge in [0.25, 0.3) is 0 Å². The van der Waals surface area contributed by atoms with Gasteiger partial charge < -0.3 is 15.9 Å². The Morgan fingerprint density at radius 1 is 0.322 bits per heavy atom. The second-order valence-corrected chi connectivity index (χ2v) is 21.6. The van der Waals surface area contributed by atoms with E-state index in [1.54, 1.807) is 0 Å². The minimum Gasteiger partial charge on any atom is -0.481 e. The largest absolute Gasteiger partial charge is 0.481 e. The van der Waals surface area contributed by atoms with Crippen molar-refractivity contribution < 1.29 is 15.0 Å². The minimum absolute atomic E-state index is 0.262. The van der Waals surface area contributed by atoms with Crippen LogP contribution in [0.25, 0.3) is 10.4 Å². The summed E-state index contributed by atoms with van der Waals surface area (Å²) in [5.41, 5.74) is 13.6. The van der Waals surface area contributed by atoms with Crippen LogP contribution in [-0.2, 0) is 4.79 Å². The van der Waals surface area contributed by atoms with Gasteiger partial charge in [-0.1, -0.05) is 279 Å². The molecule has 0 fully saturated rings. The van der Waals surface area contributed by atoms with E-state index >= 15 is 0 Å². The summed E-state index contributed by atoms with van der Waals surface area (Å²) in [6.45, 7) is 10.7. The fourth-order valence-corrected chi connectivity index (χ4v) is 7.88. The molecule has 0 rings (SSSR count). The molecule has 0 amide bonds. The quantitative estimate of drug-likeness (QED) is 0.0184. The number of aliphatic carboxylic acids is 1. The predicted octanol–water partition coefficient (Wildman–Crippen LogP) is 25.9. The molecule has 4 N–H and O–H groups in total. The molecule has 0 saturated carbocycles. The van der Waals surface area contributed by atoms with E-state index in [9.17, 15) is 4.79 Å². The van der Waals surface area contributed by atoms with Crippen LogP contribution in [0, 0.1) is 0 Å². The topological polar surface area (TPSA) is 132 Å². The van der Waals surface area contributed by atoms with Crippen molar-refractivity contribution in [3.63, 3.8) is 0 Å². The lowest BCUT2D eigenvalue weighted by Gasteiger charge is -1.91. The Labute approximate surface area is 538 Å². The number of nitrogens with two attached hydrogens (primary N) is 1. The number of carboxylic acid groups (broad SMARTS) is 1. The second kappa shape index (κ2) is 91.7. The maximum atomic E-state index is 10.3. The Kier molecular flexibility index (Phi) is 92.7. The van der Waals surface area contributed by atoms with E-state index in [1.807, 2.05) is 0 Å². The molecule has 7 nitrogen and oxygen atoms in total. The molecule has 0 aliphatic rings. The summed E-state index contributed by atoms with van der Waals surface area (Å²) in [6, 6.07) is 0. The second-order valence-electron chi connectivity index (χ2n) is 21.6. The summed E-state index contributed by atoms with van der Waals surface area (Å²) in [6.07, 6.45) is 116. The maximum Gasteiger partial charge on any atom is 0.303 e. The maximum absolute atomic E-state index is 10.3. The van der Waals surface area contributed by atoms with E-state index in [-0.39, 0.29) is 6.42 Å². The molecule has 0 atom stereocenters. The molecule has 0 aromatic carbocycles. The summed E-state index contributed by atoms with van der Waals surface area (Å²) < 4.78 is 0. The van der Waals surface area contributed by atoms with Crippen molar-refractivity contribution in [3.8, 4) is 0 Å². The molecule has 0 aliphatic heterocycles. The van der Waals surface area contributed by atoms with Gasteiger partial charge in [0.2, 0.25) is 0 Å². The van der Waals surface area contributed by atoms with Gasteiger partial charge in [0.05, 0.1) is 0 Å². The van der Waals surface area contributed by atoms with Gasteiger partial charge in [-0.3, -0.25) is 4.79 Å². The number of azide groups is 1. The lowest BCUT2D eigenvalue weighted by Crippen LogP contribution is -1.96. The molecular weight excluding hydrogens is 1060 g/mol. The van der Waals surface area contributed by atoms with Crippen molar-refractivity contribution in [1.82, 2.24) is 0 Å². The first-order valence-corrected chi connectivity index (χ1v) is 34.9. The molecule has 0 unspecified atom stereocenters. The third kappa shape index (κ3) is 103. The zero-order valence-corrected chi connectivity index (χ0v) is 56.6. The van der Waals surface area contributed by atoms with Crippen molar-refractivity contribution in [2.75, 3.05) is 19.7 Å². The zero-order valence-electron chi connectivity index (χ0n) is 56.6. The number of allylic oxidation sites excluding steroid dienone is 32. The summed E-state index contributed by atoms with van der Waals surface area (Å²) in [5.74, 6) is -0.712. The van der Waals surface area contributed by atoms with E-state index in [2.05, 4.69) is 232 Å². The molecule has 0 aromatic rings. The highest BCUT2D eigenvalue weighted by Gasteiger charge is 1.93. The normalized spacial score (nSPS) is 12.4. The van der Waals surface area contributed by atoms with Crippen LogP contribution in [0.3, 0.4) is 0 Å². The Morgan fingerprint density at radius 3 is 0.736 bits per heavy atom. The summed E-state index contributed by atoms with van der Waals surface area (Å²) in [5, 5.41) is 20.7. The van der Waals surface area contributed by atoms with Gasteiger partial charge >= 0.3 is 5.97 Å². The molecule has 0 saturated heterocycles. The summed E-state index contributed by atoms with van der Waals surface area (Å²) in [7, 11) is 0. The summed E-state index contributed by atoms with van der Waals surface area (Å²) in [4.78, 5) is 13.1. The van der Waals surface area contributed by atoms with Crippen LogP contribution in [0.2, 0.25) is 0 Å². The fourth-order valence-electron chi connectivity index (χ4n) is 7.88. The number of rotatable bonds is 57. The van der Waals surface area contributed by atoms with Crippen LogP contribution in [0.15, 0.2) is 200 Å². The highest BCUT2D eigenvalue weighted by Crippen LogP contribution is 2.07. The van der Waals surface area contributed by atoms with Crippen molar-refractivity contribution in [2.24, 2.45) is 10.8 Å². The van der Waals surface area contributed by atoms with Gasteiger partial charge in [0.1, 0.15) is 0 Å². The van der Waals surface area contributed by atoms with Crippen molar-refractivity contribution in [2.45, 2.75) is 285 Å². The van der Waals surface area contributed by atoms with Crippen molar-refractivity contribution in [1.29, 1.82) is 0 Å². The van der Waals surface area contributed by atoms with Crippen molar-refractivity contribution in [3.05, 3.63) is 205 Å². The molecule has 7 heteroatoms. The van der Waals surface area contributed by atoms with Gasteiger partial charge in [0.15, 0.2) is 0 Å². The SMILES string of the molecule is CCCCC/C=C\C/C=C\C/C=C\C/C=C\CCCC(=O)O.CCCCC/C=C\C/C=C\C/C=C\C/C=C\CCCCN.CCCCC/C=C\C/C=C\C/C=C\C/C=C\CCCCN=[N+]=[N-].CCCCC/C=C\C/C=C\C/C=C\C/C=C\CCCCO. The number of aliphatic hydroxyl groups is 1. The van der Waals surface area contributed by atoms with Crippen molar-refractivity contribution >= 4 is 5.97 Å². The Morgan fingerprint density at radius 2 is 0.529 bits per heavy atom. The first-order valence-electron chi connectivity index (χ1n) is 34.9. The minimum atomic E-state index is -0.712. The molecule has 0 aromatic heterocycles. The van der Waals surface area contributed by atoms with Crippen LogP contribution in [-0.4, -0.2) is 35.9 Å². The molecule has 0 aliphatic carbocycles. The molecule has 0 radical (unpaired) electrons. The average Bonchev–Trinajstić information content (AvgIpc) is 3.52. The lowest BCUT2D eigenvalue weighted by molar-refractivity contribution is -0.137. The third-order valence-electron chi connectivity index (χ3n) is 13.1. The van der Waals surface area contributed by atoms with Crippen LogP contribution in [0.1, 0.15) is 285 Å². The number of carbonyl (C=O) groups is 1. The van der Waals surface area contributed by atoms with Crippen LogP contribution < -0.4 is 5.73 Å². The van der Waals surface area contributed by atoms with E-state index in [0.717, 1.165) is 148 Å². The Balaban J connectivity index is -0.000000528. The Bertz CT molecular complexity index is 1790. The molecule has 87 heavy (non-hydrogen) atoms. The number of nitrogens with zero attached hydrogens (tertiary/aromatic N) is 3. The lowest BCUT2D eigenvalue weighted by atomic mass is 10.2.